The third-order valence-electron chi connectivity index (χ3n) is 2.67. The summed E-state index contributed by atoms with van der Waals surface area (Å²) in [7, 11) is 1.33. The quantitative estimate of drug-likeness (QED) is 0.689. The maximum absolute atomic E-state index is 11.2. The Morgan fingerprint density at radius 1 is 1.56 bits per heavy atom. The first-order chi connectivity index (χ1) is 7.60. The number of nitrogens with one attached hydrogen (secondary N) is 1. The van der Waals surface area contributed by atoms with Gasteiger partial charge in [0.1, 0.15) is 5.54 Å². The number of ether oxygens (including phenoxy) is 1. The van der Waals surface area contributed by atoms with E-state index in [1.54, 1.807) is 11.8 Å². The highest BCUT2D eigenvalue weighted by Gasteiger charge is 2.39. The van der Waals surface area contributed by atoms with Crippen LogP contribution in [0.3, 0.4) is 0 Å². The standard InChI is InChI=1S/C10H17NO4S/c1-15-8(12)3-5-11-10(9(13)14)4-2-6-16-7-10/h11H,2-7H2,1H3,(H,13,14). The summed E-state index contributed by atoms with van der Waals surface area (Å²) in [6.07, 6.45) is 1.72. The van der Waals surface area contributed by atoms with Crippen LogP contribution < -0.4 is 5.32 Å². The highest BCUT2D eigenvalue weighted by Crippen LogP contribution is 2.27. The third kappa shape index (κ3) is 3.38. The molecule has 0 aliphatic carbocycles. The van der Waals surface area contributed by atoms with Crippen molar-refractivity contribution in [2.24, 2.45) is 0 Å². The van der Waals surface area contributed by atoms with Crippen molar-refractivity contribution in [3.05, 3.63) is 0 Å². The minimum Gasteiger partial charge on any atom is -0.480 e. The molecule has 0 aromatic rings. The van der Waals surface area contributed by atoms with Crippen LogP contribution in [0, 0.1) is 0 Å². The zero-order valence-electron chi connectivity index (χ0n) is 9.32. The molecular formula is C10H17NO4S. The first-order valence-corrected chi connectivity index (χ1v) is 6.39. The number of carbonyl (C=O) groups is 2. The van der Waals surface area contributed by atoms with Crippen LogP contribution in [-0.4, -0.2) is 47.7 Å². The Bertz CT molecular complexity index is 264. The SMILES string of the molecule is COC(=O)CCNC1(C(=O)O)CCCSC1. The second-order valence-corrected chi connectivity index (χ2v) is 4.90. The van der Waals surface area contributed by atoms with E-state index >= 15 is 0 Å². The van der Waals surface area contributed by atoms with Gasteiger partial charge in [-0.2, -0.15) is 11.8 Å². The molecule has 16 heavy (non-hydrogen) atoms. The fourth-order valence-electron chi connectivity index (χ4n) is 1.68. The van der Waals surface area contributed by atoms with Crippen molar-refractivity contribution in [2.45, 2.75) is 24.8 Å². The highest BCUT2D eigenvalue weighted by molar-refractivity contribution is 7.99. The van der Waals surface area contributed by atoms with Gasteiger partial charge in [-0.15, -0.1) is 0 Å². The second-order valence-electron chi connectivity index (χ2n) is 3.80. The van der Waals surface area contributed by atoms with Gasteiger partial charge in [-0.1, -0.05) is 0 Å². The van der Waals surface area contributed by atoms with Gasteiger partial charge in [-0.05, 0) is 18.6 Å². The van der Waals surface area contributed by atoms with E-state index in [1.807, 2.05) is 0 Å². The van der Waals surface area contributed by atoms with Crippen molar-refractivity contribution in [1.29, 1.82) is 0 Å². The van der Waals surface area contributed by atoms with E-state index in [9.17, 15) is 14.7 Å². The monoisotopic (exact) mass is 247 g/mol. The van der Waals surface area contributed by atoms with Crippen LogP contribution in [0.1, 0.15) is 19.3 Å². The van der Waals surface area contributed by atoms with Gasteiger partial charge in [-0.3, -0.25) is 9.59 Å². The fourth-order valence-corrected chi connectivity index (χ4v) is 2.90. The highest BCUT2D eigenvalue weighted by atomic mass is 32.2. The number of carbonyl (C=O) groups excluding carboxylic acids is 1. The largest absolute Gasteiger partial charge is 0.480 e. The molecule has 5 nitrogen and oxygen atoms in total. The predicted octanol–water partition coefficient (Wildman–Crippen LogP) is 0.489. The van der Waals surface area contributed by atoms with E-state index in [-0.39, 0.29) is 12.4 Å². The van der Waals surface area contributed by atoms with E-state index in [0.29, 0.717) is 18.7 Å². The van der Waals surface area contributed by atoms with Gasteiger partial charge in [-0.25, -0.2) is 0 Å². The van der Waals surface area contributed by atoms with Crippen molar-refractivity contribution in [3.8, 4) is 0 Å². The third-order valence-corrected chi connectivity index (χ3v) is 3.94. The van der Waals surface area contributed by atoms with Crippen LogP contribution in [0.15, 0.2) is 0 Å². The molecule has 1 rings (SSSR count). The van der Waals surface area contributed by atoms with E-state index in [0.717, 1.165) is 12.2 Å². The van der Waals surface area contributed by atoms with Gasteiger partial charge in [0, 0.05) is 12.3 Å². The first kappa shape index (κ1) is 13.3. The zero-order chi connectivity index (χ0) is 12.0. The zero-order valence-corrected chi connectivity index (χ0v) is 10.1. The summed E-state index contributed by atoms with van der Waals surface area (Å²) >= 11 is 1.64. The number of hydrogen-bond acceptors (Lipinski definition) is 5. The number of carboxylic acid groups (broad SMARTS) is 1. The summed E-state index contributed by atoms with van der Waals surface area (Å²) in [4.78, 5) is 22.1. The Balaban J connectivity index is 2.45. The molecule has 2 N–H and O–H groups in total. The van der Waals surface area contributed by atoms with E-state index in [2.05, 4.69) is 10.1 Å². The molecule has 92 valence electrons. The molecule has 0 spiro atoms. The number of thioether (sulfide) groups is 1. The Hall–Kier alpha value is -0.750. The van der Waals surface area contributed by atoms with Crippen LogP contribution in [0.25, 0.3) is 0 Å². The van der Waals surface area contributed by atoms with Gasteiger partial charge in [0.15, 0.2) is 0 Å². The molecule has 1 unspecified atom stereocenters. The van der Waals surface area contributed by atoms with Gasteiger partial charge in [0.05, 0.1) is 13.5 Å². The van der Waals surface area contributed by atoms with Gasteiger partial charge < -0.3 is 15.2 Å². The molecule has 1 atom stereocenters. The van der Waals surface area contributed by atoms with Gasteiger partial charge in [0.25, 0.3) is 0 Å². The first-order valence-electron chi connectivity index (χ1n) is 5.24. The number of aliphatic carboxylic acids is 1. The molecule has 0 aromatic carbocycles. The smallest absolute Gasteiger partial charge is 0.324 e. The fraction of sp³-hybridized carbons (Fsp3) is 0.800. The summed E-state index contributed by atoms with van der Waals surface area (Å²) in [6.45, 7) is 0.347. The molecule has 1 aliphatic heterocycles. The van der Waals surface area contributed by atoms with Crippen LogP contribution in [0.2, 0.25) is 0 Å². The Labute approximate surface area is 98.9 Å². The summed E-state index contributed by atoms with van der Waals surface area (Å²) < 4.78 is 4.50. The molecule has 0 saturated carbocycles. The average Bonchev–Trinajstić information content (AvgIpc) is 2.30. The predicted molar refractivity (Wildman–Crippen MR) is 61.6 cm³/mol. The molecular weight excluding hydrogens is 230 g/mol. The van der Waals surface area contributed by atoms with Gasteiger partial charge >= 0.3 is 11.9 Å². The molecule has 0 bridgehead atoms. The van der Waals surface area contributed by atoms with Gasteiger partial charge in [0.2, 0.25) is 0 Å². The molecule has 0 radical (unpaired) electrons. The second kappa shape index (κ2) is 6.10. The lowest BCUT2D eigenvalue weighted by atomic mass is 9.95. The number of hydrogen-bond donors (Lipinski definition) is 2. The summed E-state index contributed by atoms with van der Waals surface area (Å²) in [5.74, 6) is 0.415. The number of carboxylic acids is 1. The average molecular weight is 247 g/mol. The number of esters is 1. The molecule has 6 heteroatoms. The Morgan fingerprint density at radius 2 is 2.31 bits per heavy atom. The summed E-state index contributed by atoms with van der Waals surface area (Å²) in [6, 6.07) is 0. The van der Waals surface area contributed by atoms with E-state index in [4.69, 9.17) is 0 Å². The molecule has 1 saturated heterocycles. The molecule has 1 heterocycles. The van der Waals surface area contributed by atoms with Crippen molar-refractivity contribution >= 4 is 23.7 Å². The van der Waals surface area contributed by atoms with Crippen molar-refractivity contribution in [3.63, 3.8) is 0 Å². The lowest BCUT2D eigenvalue weighted by Gasteiger charge is -2.33. The van der Waals surface area contributed by atoms with Crippen molar-refractivity contribution in [2.75, 3.05) is 25.2 Å². The summed E-state index contributed by atoms with van der Waals surface area (Å²) in [5.41, 5.74) is -0.864. The summed E-state index contributed by atoms with van der Waals surface area (Å²) in [5, 5.41) is 12.2. The lowest BCUT2D eigenvalue weighted by molar-refractivity contribution is -0.145. The minimum atomic E-state index is -0.864. The van der Waals surface area contributed by atoms with Crippen molar-refractivity contribution < 1.29 is 19.4 Å². The maximum Gasteiger partial charge on any atom is 0.324 e. The van der Waals surface area contributed by atoms with Crippen LogP contribution in [0.4, 0.5) is 0 Å². The minimum absolute atomic E-state index is 0.205. The lowest BCUT2D eigenvalue weighted by Crippen LogP contribution is -2.56. The van der Waals surface area contributed by atoms with Crippen LogP contribution in [-0.2, 0) is 14.3 Å². The molecule has 0 aromatic heterocycles. The van der Waals surface area contributed by atoms with Crippen LogP contribution in [0.5, 0.6) is 0 Å². The van der Waals surface area contributed by atoms with E-state index < -0.39 is 11.5 Å². The van der Waals surface area contributed by atoms with Crippen molar-refractivity contribution in [1.82, 2.24) is 5.32 Å². The Kier molecular flexibility index (Phi) is 5.08. The van der Waals surface area contributed by atoms with E-state index in [1.165, 1.54) is 7.11 Å². The topological polar surface area (TPSA) is 75.6 Å². The number of rotatable bonds is 5. The normalized spacial score (nSPS) is 25.1. The Morgan fingerprint density at radius 3 is 2.81 bits per heavy atom. The number of methoxy groups -OCH3 is 1. The van der Waals surface area contributed by atoms with Crippen LogP contribution >= 0.6 is 11.8 Å². The molecule has 1 fully saturated rings. The molecule has 0 amide bonds. The molecule has 1 aliphatic rings. The maximum atomic E-state index is 11.2.